The summed E-state index contributed by atoms with van der Waals surface area (Å²) in [7, 11) is 0. The molecule has 0 radical (unpaired) electrons. The Balaban J connectivity index is 1.61. The highest BCUT2D eigenvalue weighted by Crippen LogP contribution is 2.71. The molecule has 4 fully saturated rings. The molecule has 2 atom stereocenters. The molecule has 0 saturated heterocycles. The van der Waals surface area contributed by atoms with Gasteiger partial charge in [-0.2, -0.15) is 5.10 Å². The lowest BCUT2D eigenvalue weighted by atomic mass is 9.38. The number of aromatic nitrogens is 2. The predicted octanol–water partition coefficient (Wildman–Crippen LogP) is 4.81. The van der Waals surface area contributed by atoms with Gasteiger partial charge in [0.05, 0.1) is 9.77 Å². The van der Waals surface area contributed by atoms with E-state index in [2.05, 4.69) is 58.5 Å². The van der Waals surface area contributed by atoms with Gasteiger partial charge in [-0.1, -0.05) is 13.8 Å². The van der Waals surface area contributed by atoms with Crippen molar-refractivity contribution in [3.8, 4) is 0 Å². The maximum Gasteiger partial charge on any atom is 0.408 e. The number of halogens is 1. The van der Waals surface area contributed by atoms with Crippen LogP contribution in [0.25, 0.3) is 0 Å². The Labute approximate surface area is 204 Å². The van der Waals surface area contributed by atoms with E-state index in [0.29, 0.717) is 0 Å². The predicted molar refractivity (Wildman–Crippen MR) is 131 cm³/mol. The van der Waals surface area contributed by atoms with Crippen LogP contribution >= 0.6 is 22.6 Å². The Hall–Kier alpha value is -1.32. The molecule has 2 N–H and O–H groups in total. The van der Waals surface area contributed by atoms with Crippen molar-refractivity contribution in [2.75, 3.05) is 6.54 Å². The molecule has 1 heterocycles. The highest BCUT2D eigenvalue weighted by atomic mass is 127. The van der Waals surface area contributed by atoms with E-state index in [0.717, 1.165) is 38.6 Å². The minimum atomic E-state index is -1.06. The van der Waals surface area contributed by atoms with E-state index in [-0.39, 0.29) is 34.2 Å². The number of rotatable bonds is 5. The molecule has 0 aromatic carbocycles. The zero-order valence-electron chi connectivity index (χ0n) is 20.2. The fourth-order valence-electron chi connectivity index (χ4n) is 8.21. The molecule has 2 unspecified atom stereocenters. The van der Waals surface area contributed by atoms with Gasteiger partial charge in [-0.25, -0.2) is 4.79 Å². The molecule has 0 spiro atoms. The highest BCUT2D eigenvalue weighted by Gasteiger charge is 2.66. The van der Waals surface area contributed by atoms with Crippen molar-refractivity contribution < 1.29 is 14.7 Å². The molecule has 32 heavy (non-hydrogen) atoms. The average Bonchev–Trinajstić information content (AvgIpc) is 2.86. The van der Waals surface area contributed by atoms with E-state index in [1.807, 2.05) is 27.0 Å². The molecule has 0 aliphatic heterocycles. The van der Waals surface area contributed by atoms with Gasteiger partial charge in [0.15, 0.2) is 0 Å². The molecule has 4 aliphatic carbocycles. The van der Waals surface area contributed by atoms with Gasteiger partial charge >= 0.3 is 6.09 Å². The van der Waals surface area contributed by atoms with Crippen LogP contribution in [0.1, 0.15) is 78.8 Å². The summed E-state index contributed by atoms with van der Waals surface area (Å²) in [6, 6.07) is 0. The lowest BCUT2D eigenvalue weighted by Gasteiger charge is -2.69. The van der Waals surface area contributed by atoms with Crippen LogP contribution in [-0.2, 0) is 11.3 Å². The summed E-state index contributed by atoms with van der Waals surface area (Å²) >= 11 is 2.34. The maximum atomic E-state index is 13.2. The smallest absolute Gasteiger partial charge is 0.408 e. The third-order valence-corrected chi connectivity index (χ3v) is 9.04. The van der Waals surface area contributed by atoms with E-state index >= 15 is 0 Å². The largest absolute Gasteiger partial charge is 0.465 e. The molecular formula is C24H37IN4O3. The standard InChI is InChI=1S/C24H37IN4O3/c1-16-17(25)7-26-29(16)15-23-10-21(5)9-22(6,11-23)13-24(12-21,14-23)27-18(30)8-28(19(31)32)20(2,3)4/h7H,8-15H2,1-6H3,(H,27,30)(H,31,32). The Bertz CT molecular complexity index is 932. The third-order valence-electron chi connectivity index (χ3n) is 7.98. The zero-order valence-corrected chi connectivity index (χ0v) is 22.4. The van der Waals surface area contributed by atoms with Gasteiger partial charge in [0.1, 0.15) is 6.54 Å². The van der Waals surface area contributed by atoms with Crippen molar-refractivity contribution in [3.05, 3.63) is 15.5 Å². The molecule has 8 heteroatoms. The maximum absolute atomic E-state index is 13.2. The SMILES string of the molecule is Cc1c(I)cnn1CC12CC3(C)CC(C)(C1)CC(NC(=O)CN(C(=O)O)C(C)(C)C)(C3)C2. The van der Waals surface area contributed by atoms with Crippen LogP contribution < -0.4 is 5.32 Å². The second-order valence-corrected chi connectivity index (χ2v) is 13.9. The number of nitrogens with zero attached hydrogens (tertiary/aromatic N) is 3. The van der Waals surface area contributed by atoms with Crippen LogP contribution in [0.3, 0.4) is 0 Å². The van der Waals surface area contributed by atoms with Gasteiger partial charge in [-0.05, 0) is 105 Å². The Morgan fingerprint density at radius 2 is 1.75 bits per heavy atom. The minimum Gasteiger partial charge on any atom is -0.465 e. The fraction of sp³-hybridized carbons (Fsp3) is 0.792. The first-order valence-corrected chi connectivity index (χ1v) is 12.6. The molecule has 5 rings (SSSR count). The highest BCUT2D eigenvalue weighted by molar-refractivity contribution is 14.1. The van der Waals surface area contributed by atoms with Crippen LogP contribution in [0.15, 0.2) is 6.20 Å². The summed E-state index contributed by atoms with van der Waals surface area (Å²) < 4.78 is 3.34. The van der Waals surface area contributed by atoms with Crippen molar-refractivity contribution >= 4 is 34.6 Å². The number of hydrogen-bond acceptors (Lipinski definition) is 3. The summed E-state index contributed by atoms with van der Waals surface area (Å²) in [5, 5.41) is 17.7. The lowest BCUT2D eigenvalue weighted by Crippen LogP contribution is -2.69. The monoisotopic (exact) mass is 556 g/mol. The van der Waals surface area contributed by atoms with E-state index in [9.17, 15) is 14.7 Å². The van der Waals surface area contributed by atoms with E-state index in [1.165, 1.54) is 20.6 Å². The van der Waals surface area contributed by atoms with E-state index < -0.39 is 11.6 Å². The molecule has 4 aliphatic rings. The molecule has 1 aromatic heterocycles. The first-order chi connectivity index (χ1) is 14.6. The van der Waals surface area contributed by atoms with Crippen molar-refractivity contribution in [2.45, 2.75) is 97.7 Å². The third kappa shape index (κ3) is 4.28. The summed E-state index contributed by atoms with van der Waals surface area (Å²) in [6.45, 7) is 13.1. The number of carbonyl (C=O) groups excluding carboxylic acids is 1. The van der Waals surface area contributed by atoms with E-state index in [4.69, 9.17) is 0 Å². The Morgan fingerprint density at radius 3 is 2.22 bits per heavy atom. The van der Waals surface area contributed by atoms with Crippen molar-refractivity contribution in [1.82, 2.24) is 20.0 Å². The molecular weight excluding hydrogens is 519 g/mol. The first kappa shape index (κ1) is 23.8. The van der Waals surface area contributed by atoms with Gasteiger partial charge in [0.2, 0.25) is 5.91 Å². The number of nitrogens with one attached hydrogen (secondary N) is 1. The van der Waals surface area contributed by atoms with Gasteiger partial charge < -0.3 is 10.4 Å². The van der Waals surface area contributed by atoms with Gasteiger partial charge in [-0.15, -0.1) is 0 Å². The topological polar surface area (TPSA) is 87.5 Å². The summed E-state index contributed by atoms with van der Waals surface area (Å²) in [5.41, 5.74) is 0.770. The van der Waals surface area contributed by atoms with Crippen LogP contribution in [-0.4, -0.2) is 49.4 Å². The Kier molecular flexibility index (Phi) is 5.46. The van der Waals surface area contributed by atoms with Gasteiger partial charge in [0, 0.05) is 23.3 Å². The van der Waals surface area contributed by atoms with Crippen LogP contribution in [0, 0.1) is 26.7 Å². The van der Waals surface area contributed by atoms with Crippen LogP contribution in [0.5, 0.6) is 0 Å². The molecule has 1 aromatic rings. The summed E-state index contributed by atoms with van der Waals surface area (Å²) in [4.78, 5) is 26.2. The molecule has 178 valence electrons. The molecule has 4 saturated carbocycles. The number of hydrogen-bond donors (Lipinski definition) is 2. The van der Waals surface area contributed by atoms with Crippen LogP contribution in [0.4, 0.5) is 4.79 Å². The van der Waals surface area contributed by atoms with Crippen LogP contribution in [0.2, 0.25) is 0 Å². The van der Waals surface area contributed by atoms with E-state index in [1.54, 1.807) is 0 Å². The summed E-state index contributed by atoms with van der Waals surface area (Å²) in [6.07, 6.45) is 7.27. The van der Waals surface area contributed by atoms with Crippen molar-refractivity contribution in [3.63, 3.8) is 0 Å². The fourth-order valence-corrected chi connectivity index (χ4v) is 8.62. The van der Waals surface area contributed by atoms with Crippen molar-refractivity contribution in [2.24, 2.45) is 16.2 Å². The molecule has 2 amide bonds. The normalized spacial score (nSPS) is 35.7. The van der Waals surface area contributed by atoms with Gasteiger partial charge in [0.25, 0.3) is 0 Å². The first-order valence-electron chi connectivity index (χ1n) is 11.6. The second kappa shape index (κ2) is 7.34. The molecule has 7 nitrogen and oxygen atoms in total. The number of carbonyl (C=O) groups is 2. The molecule has 4 bridgehead atoms. The average molecular weight is 556 g/mol. The summed E-state index contributed by atoms with van der Waals surface area (Å²) in [5.74, 6) is -0.184. The quantitative estimate of drug-likeness (QED) is 0.510. The number of amides is 2. The minimum absolute atomic E-state index is 0.0991. The lowest BCUT2D eigenvalue weighted by molar-refractivity contribution is -0.175. The Morgan fingerprint density at radius 1 is 1.16 bits per heavy atom. The second-order valence-electron chi connectivity index (χ2n) is 12.8. The van der Waals surface area contributed by atoms with Crippen molar-refractivity contribution in [1.29, 1.82) is 0 Å². The zero-order chi connectivity index (χ0) is 23.7. The number of carboxylic acid groups (broad SMARTS) is 1. The van der Waals surface area contributed by atoms with Gasteiger partial charge in [-0.3, -0.25) is 14.4 Å².